The lowest BCUT2D eigenvalue weighted by molar-refractivity contribution is -0.280. The molecule has 426 valence electrons. The van der Waals surface area contributed by atoms with Crippen LogP contribution in [0.3, 0.4) is 0 Å². The van der Waals surface area contributed by atoms with Gasteiger partial charge >= 0.3 is 5.97 Å². The first-order chi connectivity index (χ1) is 36.6. The van der Waals surface area contributed by atoms with Gasteiger partial charge in [0.1, 0.15) is 30.0 Å². The first-order valence-electron chi connectivity index (χ1n) is 28.2. The molecule has 16 nitrogen and oxygen atoms in total. The number of piperidine rings is 1. The summed E-state index contributed by atoms with van der Waals surface area (Å²) >= 11 is 0. The van der Waals surface area contributed by atoms with Crippen LogP contribution in [0.15, 0.2) is 84.5 Å². The highest BCUT2D eigenvalue weighted by Crippen LogP contribution is 2.40. The number of hydrazine groups is 1. The smallest absolute Gasteiger partial charge is 0.325 e. The zero-order valence-corrected chi connectivity index (χ0v) is 47.0. The largest absolute Gasteiger partial charge is 0.456 e. The third kappa shape index (κ3) is 16.1. The number of cyclic esters (lactones) is 1. The molecule has 6 N–H and O–H groups in total. The van der Waals surface area contributed by atoms with E-state index < -0.39 is 101 Å². The lowest BCUT2D eigenvalue weighted by Crippen LogP contribution is -2.62. The minimum absolute atomic E-state index is 0.00667. The van der Waals surface area contributed by atoms with E-state index in [1.165, 1.54) is 30.3 Å². The van der Waals surface area contributed by atoms with Crippen molar-refractivity contribution >= 4 is 29.6 Å². The summed E-state index contributed by atoms with van der Waals surface area (Å²) in [6.07, 6.45) is 18.4. The summed E-state index contributed by atoms with van der Waals surface area (Å²) in [6.45, 7) is 17.4. The summed E-state index contributed by atoms with van der Waals surface area (Å²) in [4.78, 5) is 70.2. The van der Waals surface area contributed by atoms with Crippen molar-refractivity contribution in [1.82, 2.24) is 26.4 Å². The van der Waals surface area contributed by atoms with Crippen LogP contribution in [0.25, 0.3) is 0 Å². The molecule has 0 aromatic heterocycles. The molecule has 0 saturated carbocycles. The second-order valence-corrected chi connectivity index (χ2v) is 22.9. The van der Waals surface area contributed by atoms with E-state index in [9.17, 15) is 38.6 Å². The molecule has 5 aliphatic heterocycles. The molecule has 5 heterocycles. The van der Waals surface area contributed by atoms with Crippen LogP contribution in [-0.2, 0) is 49.3 Å². The van der Waals surface area contributed by atoms with Crippen LogP contribution in [0.5, 0.6) is 0 Å². The van der Waals surface area contributed by atoms with E-state index in [2.05, 4.69) is 41.3 Å². The number of amides is 4. The second-order valence-electron chi connectivity index (χ2n) is 22.9. The van der Waals surface area contributed by atoms with Crippen molar-refractivity contribution < 1.29 is 57.5 Å². The quantitative estimate of drug-likeness (QED) is 0.0657. The molecular weight excluding hydrogens is 986 g/mol. The maximum atomic E-state index is 14.5. The summed E-state index contributed by atoms with van der Waals surface area (Å²) in [7, 11) is 1.53. The van der Waals surface area contributed by atoms with Crippen molar-refractivity contribution in [2.75, 3.05) is 13.7 Å². The predicted molar refractivity (Wildman–Crippen MR) is 291 cm³/mol. The van der Waals surface area contributed by atoms with Gasteiger partial charge in [-0.15, -0.1) is 0 Å². The maximum absolute atomic E-state index is 14.5. The van der Waals surface area contributed by atoms with Gasteiger partial charge in [-0.2, -0.15) is 0 Å². The third-order valence-corrected chi connectivity index (χ3v) is 16.7. The predicted octanol–water partition coefficient (Wildman–Crippen LogP) is 7.21. The number of carbonyl (C=O) groups excluding carboxylic acids is 5. The Morgan fingerprint density at radius 1 is 1.01 bits per heavy atom. The Bertz CT molecular complexity index is 2360. The number of esters is 1. The van der Waals surface area contributed by atoms with Crippen molar-refractivity contribution in [3.8, 4) is 0 Å². The number of nitrogens with zero attached hydrogens (tertiary/aromatic N) is 1. The minimum atomic E-state index is -1.22. The highest BCUT2D eigenvalue weighted by molar-refractivity contribution is 5.93. The molecule has 1 aromatic carbocycles. The summed E-state index contributed by atoms with van der Waals surface area (Å²) in [6, 6.07) is 2.55. The molecule has 16 atom stereocenters. The number of aliphatic hydroxyl groups excluding tert-OH is 2. The number of aliphatic hydroxyl groups is 2. The van der Waals surface area contributed by atoms with E-state index in [1.54, 1.807) is 52.0 Å². The molecule has 17 heteroatoms. The Labute approximate surface area is 456 Å². The fourth-order valence-corrected chi connectivity index (χ4v) is 11.1. The monoisotopic (exact) mass is 1070 g/mol. The summed E-state index contributed by atoms with van der Waals surface area (Å²) < 4.78 is 39.6. The van der Waals surface area contributed by atoms with E-state index in [0.717, 1.165) is 18.4 Å². The van der Waals surface area contributed by atoms with Gasteiger partial charge in [0.15, 0.2) is 11.5 Å². The Balaban J connectivity index is 1.19. The van der Waals surface area contributed by atoms with Gasteiger partial charge in [0.05, 0.1) is 30.3 Å². The number of nitrogens with one attached hydrogen (secondary N) is 4. The van der Waals surface area contributed by atoms with E-state index in [1.807, 2.05) is 51.2 Å². The van der Waals surface area contributed by atoms with Crippen LogP contribution >= 0.6 is 0 Å². The molecule has 2 unspecified atom stereocenters. The molecule has 0 aliphatic carbocycles. The van der Waals surface area contributed by atoms with E-state index in [0.29, 0.717) is 50.5 Å². The number of benzene rings is 1. The second kappa shape index (κ2) is 27.7. The fraction of sp³-hybridized carbons (Fsp3) is 0.650. The third-order valence-electron chi connectivity index (χ3n) is 16.7. The van der Waals surface area contributed by atoms with Crippen LogP contribution in [0.2, 0.25) is 0 Å². The molecule has 1 aromatic rings. The van der Waals surface area contributed by atoms with Crippen molar-refractivity contribution in [2.45, 2.75) is 193 Å². The number of halogens is 1. The Hall–Kier alpha value is -5.04. The SMILES string of the molecule is CC[C@H]1C[C@H](C)[C@@]2(C=C[C@@H](C)[C@H](C[C@H](O)[C@@H](C)CC/C=C/C=C(\C)[C@@H]3C/C=C/C=C/[C@H](O)[C@H](C)[C@H]4OC(C)(OC)CC[C@H]4C(=O)N[C@@H](C(C)C)C(=O)N[C@@H](Cc4cccc(F)c4)C(=O)N4CCCC(N4)C(=O)O3)O2)NC1=O. The zero-order valence-electron chi connectivity index (χ0n) is 47.0. The van der Waals surface area contributed by atoms with Crippen LogP contribution < -0.4 is 21.4 Å². The molecule has 77 heavy (non-hydrogen) atoms. The van der Waals surface area contributed by atoms with Gasteiger partial charge in [0.2, 0.25) is 17.7 Å². The number of allylic oxidation sites excluding steroid dienone is 5. The van der Waals surface area contributed by atoms with Crippen molar-refractivity contribution in [3.63, 3.8) is 0 Å². The Morgan fingerprint density at radius 3 is 2.49 bits per heavy atom. The maximum Gasteiger partial charge on any atom is 0.325 e. The Kier molecular flexibility index (Phi) is 22.0. The topological polar surface area (TPSA) is 214 Å². The van der Waals surface area contributed by atoms with Gasteiger partial charge in [0, 0.05) is 63.0 Å². The molecule has 5 aliphatic rings. The van der Waals surface area contributed by atoms with Crippen LogP contribution in [0.4, 0.5) is 4.39 Å². The number of fused-ring (bicyclic) bond motifs is 3. The lowest BCUT2D eigenvalue weighted by Gasteiger charge is -2.48. The summed E-state index contributed by atoms with van der Waals surface area (Å²) in [5, 5.41) is 33.2. The summed E-state index contributed by atoms with van der Waals surface area (Å²) in [5.74, 6) is -5.45. The highest BCUT2D eigenvalue weighted by atomic mass is 19.1. The van der Waals surface area contributed by atoms with E-state index in [-0.39, 0.29) is 55.1 Å². The van der Waals surface area contributed by atoms with Gasteiger partial charge in [-0.25, -0.2) is 9.82 Å². The lowest BCUT2D eigenvalue weighted by atomic mass is 9.78. The number of methoxy groups -OCH3 is 1. The van der Waals surface area contributed by atoms with Gasteiger partial charge in [-0.1, -0.05) is 109 Å². The average Bonchev–Trinajstić information content (AvgIpc) is 3.40. The number of hydrogen-bond donors (Lipinski definition) is 6. The van der Waals surface area contributed by atoms with Gasteiger partial charge in [0.25, 0.3) is 5.91 Å². The highest BCUT2D eigenvalue weighted by Gasteiger charge is 2.49. The minimum Gasteiger partial charge on any atom is -0.456 e. The standard InChI is InChI=1S/C60H88FN5O11/c1-11-43-32-40(7)60(64-54(43)69)30-27-39(6)51(76-60)35-49(68)37(4)20-14-12-15-21-38(5)50-26-17-13-16-25-48(67)41(8)53-45(28-29-59(9,74-10)77-53)55(70)63-52(36(2)3)56(71)62-47(34-42-22-18-23-44(61)33-42)57(72)66-31-19-24-46(65-66)58(73)75-50/h12-13,15-18,21-23,25,27,30,33,36-37,39-41,43,45-53,65,67-68H,11,14,19-20,24,26,28-29,31-32,34-35H2,1-10H3,(H,62,71)(H,63,70)(H,64,69)/b15-12+,17-13+,25-16+,38-21+/t37-,39+,40-,41-,43-,45+,46?,47-,48-,49-,50-,51-,52-,53+,59?,60-/m0/s1. The molecule has 2 bridgehead atoms. The number of hydrogen-bond acceptors (Lipinski definition) is 12. The normalized spacial score (nSPS) is 35.9. The number of carbonyl (C=O) groups is 5. The first-order valence-corrected chi connectivity index (χ1v) is 28.2. The molecule has 3 fully saturated rings. The van der Waals surface area contributed by atoms with Gasteiger partial charge in [-0.05, 0) is 100.0 Å². The molecule has 4 amide bonds. The van der Waals surface area contributed by atoms with E-state index in [4.69, 9.17) is 18.9 Å². The van der Waals surface area contributed by atoms with Crippen molar-refractivity contribution in [2.24, 2.45) is 41.4 Å². The fourth-order valence-electron chi connectivity index (χ4n) is 11.1. The molecular formula is C60H88FN5O11. The molecule has 0 radical (unpaired) electrons. The van der Waals surface area contributed by atoms with Crippen LogP contribution in [0, 0.1) is 47.2 Å². The van der Waals surface area contributed by atoms with Gasteiger partial charge in [-0.3, -0.25) is 29.0 Å². The number of rotatable bonds is 13. The van der Waals surface area contributed by atoms with Crippen molar-refractivity contribution in [3.05, 3.63) is 95.9 Å². The van der Waals surface area contributed by atoms with E-state index >= 15 is 0 Å². The number of ether oxygens (including phenoxy) is 4. The van der Waals surface area contributed by atoms with Crippen LogP contribution in [0.1, 0.15) is 132 Å². The average molecular weight is 1070 g/mol. The zero-order chi connectivity index (χ0) is 56.2. The summed E-state index contributed by atoms with van der Waals surface area (Å²) in [5.41, 5.74) is 3.40. The molecule has 3 saturated heterocycles. The first kappa shape index (κ1) is 61.2. The Morgan fingerprint density at radius 2 is 1.78 bits per heavy atom. The molecule has 6 rings (SSSR count). The van der Waals surface area contributed by atoms with Crippen LogP contribution in [-0.4, -0.2) is 119 Å². The van der Waals surface area contributed by atoms with Gasteiger partial charge < -0.3 is 45.1 Å². The molecule has 1 spiro atoms. The van der Waals surface area contributed by atoms with Crippen molar-refractivity contribution in [1.29, 1.82) is 0 Å².